The molecule has 2 rings (SSSR count). The molecule has 0 aromatic heterocycles. The summed E-state index contributed by atoms with van der Waals surface area (Å²) >= 11 is 9.24. The maximum absolute atomic E-state index is 12.2. The maximum atomic E-state index is 12.2. The van der Waals surface area contributed by atoms with E-state index in [2.05, 4.69) is 21.2 Å². The Labute approximate surface area is 124 Å². The molecular weight excluding hydrogens is 328 g/mol. The summed E-state index contributed by atoms with van der Waals surface area (Å²) < 4.78 is 0.694. The Morgan fingerprint density at radius 1 is 1.26 bits per heavy atom. The van der Waals surface area contributed by atoms with Crippen LogP contribution in [0.4, 0.5) is 5.69 Å². The number of nitrogens with two attached hydrogens (primary N) is 1. The Balaban J connectivity index is 2.28. The highest BCUT2D eigenvalue weighted by atomic mass is 79.9. The molecular formula is C14H12BrClN2O. The minimum Gasteiger partial charge on any atom is -0.326 e. The van der Waals surface area contributed by atoms with Crippen LogP contribution < -0.4 is 11.1 Å². The largest absolute Gasteiger partial charge is 0.326 e. The monoisotopic (exact) mass is 338 g/mol. The molecule has 3 N–H and O–H groups in total. The van der Waals surface area contributed by atoms with Crippen molar-refractivity contribution in [2.45, 2.75) is 6.54 Å². The predicted molar refractivity (Wildman–Crippen MR) is 81.4 cm³/mol. The third-order valence-corrected chi connectivity index (χ3v) is 3.59. The van der Waals surface area contributed by atoms with Crippen molar-refractivity contribution in [3.05, 3.63) is 63.1 Å². The van der Waals surface area contributed by atoms with Gasteiger partial charge in [0.05, 0.1) is 5.56 Å². The molecule has 0 saturated carbocycles. The Kier molecular flexibility index (Phi) is 4.58. The van der Waals surface area contributed by atoms with Crippen LogP contribution in [0.15, 0.2) is 46.9 Å². The fourth-order valence-electron chi connectivity index (χ4n) is 1.68. The second-order valence-electron chi connectivity index (χ2n) is 3.94. The Morgan fingerprint density at radius 2 is 2.00 bits per heavy atom. The molecule has 0 aliphatic rings. The van der Waals surface area contributed by atoms with Crippen LogP contribution in [-0.4, -0.2) is 5.91 Å². The molecule has 0 unspecified atom stereocenters. The van der Waals surface area contributed by atoms with E-state index in [0.29, 0.717) is 27.3 Å². The van der Waals surface area contributed by atoms with Crippen LogP contribution in [0.2, 0.25) is 5.02 Å². The van der Waals surface area contributed by atoms with E-state index in [1.54, 1.807) is 18.2 Å². The third-order valence-electron chi connectivity index (χ3n) is 2.66. The SMILES string of the molecule is NCc1ccccc1NC(=O)c1cc(Cl)ccc1Br. The fourth-order valence-corrected chi connectivity index (χ4v) is 2.28. The van der Waals surface area contributed by atoms with Crippen LogP contribution in [0.3, 0.4) is 0 Å². The number of hydrogen-bond acceptors (Lipinski definition) is 2. The molecule has 0 fully saturated rings. The molecule has 0 bridgehead atoms. The van der Waals surface area contributed by atoms with Crippen LogP contribution >= 0.6 is 27.5 Å². The lowest BCUT2D eigenvalue weighted by molar-refractivity contribution is 0.102. The van der Waals surface area contributed by atoms with Crippen LogP contribution in [0.25, 0.3) is 0 Å². The standard InChI is InChI=1S/C14H12BrClN2O/c15-12-6-5-10(16)7-11(12)14(19)18-13-4-2-1-3-9(13)8-17/h1-7H,8,17H2,(H,18,19). The summed E-state index contributed by atoms with van der Waals surface area (Å²) in [5.41, 5.74) is 7.72. The number of carbonyl (C=O) groups excluding carboxylic acids is 1. The first-order valence-electron chi connectivity index (χ1n) is 5.66. The van der Waals surface area contributed by atoms with Gasteiger partial charge in [-0.25, -0.2) is 0 Å². The lowest BCUT2D eigenvalue weighted by Gasteiger charge is -2.10. The zero-order chi connectivity index (χ0) is 13.8. The molecule has 5 heteroatoms. The van der Waals surface area contributed by atoms with E-state index >= 15 is 0 Å². The minimum absolute atomic E-state index is 0.227. The van der Waals surface area contributed by atoms with Gasteiger partial charge in [-0.1, -0.05) is 29.8 Å². The highest BCUT2D eigenvalue weighted by Gasteiger charge is 2.12. The number of carbonyl (C=O) groups is 1. The molecule has 0 aliphatic heterocycles. The molecule has 0 saturated heterocycles. The van der Waals surface area contributed by atoms with Crippen molar-refractivity contribution in [1.29, 1.82) is 0 Å². The summed E-state index contributed by atoms with van der Waals surface area (Å²) in [6.07, 6.45) is 0. The molecule has 2 aromatic carbocycles. The van der Waals surface area contributed by atoms with Crippen molar-refractivity contribution < 1.29 is 4.79 Å². The Morgan fingerprint density at radius 3 is 2.74 bits per heavy atom. The van der Waals surface area contributed by atoms with Crippen molar-refractivity contribution >= 4 is 39.1 Å². The van der Waals surface area contributed by atoms with Gasteiger partial charge >= 0.3 is 0 Å². The van der Waals surface area contributed by atoms with Crippen molar-refractivity contribution in [3.8, 4) is 0 Å². The van der Waals surface area contributed by atoms with Crippen molar-refractivity contribution in [2.24, 2.45) is 5.73 Å². The van der Waals surface area contributed by atoms with Gasteiger partial charge in [0.25, 0.3) is 5.91 Å². The molecule has 0 radical (unpaired) electrons. The van der Waals surface area contributed by atoms with Gasteiger partial charge in [-0.3, -0.25) is 4.79 Å². The van der Waals surface area contributed by atoms with E-state index in [4.69, 9.17) is 17.3 Å². The average Bonchev–Trinajstić information content (AvgIpc) is 2.42. The Bertz CT molecular complexity index is 616. The van der Waals surface area contributed by atoms with Gasteiger partial charge in [0.15, 0.2) is 0 Å². The van der Waals surface area contributed by atoms with Crippen LogP contribution in [0.1, 0.15) is 15.9 Å². The highest BCUT2D eigenvalue weighted by molar-refractivity contribution is 9.10. The molecule has 2 aromatic rings. The van der Waals surface area contributed by atoms with Gasteiger partial charge in [-0.2, -0.15) is 0 Å². The van der Waals surface area contributed by atoms with Gasteiger partial charge in [0, 0.05) is 21.7 Å². The summed E-state index contributed by atoms with van der Waals surface area (Å²) in [5, 5.41) is 3.35. The van der Waals surface area contributed by atoms with Crippen molar-refractivity contribution in [1.82, 2.24) is 0 Å². The van der Waals surface area contributed by atoms with E-state index < -0.39 is 0 Å². The van der Waals surface area contributed by atoms with Crippen LogP contribution in [-0.2, 0) is 6.54 Å². The molecule has 0 spiro atoms. The lowest BCUT2D eigenvalue weighted by atomic mass is 10.1. The fraction of sp³-hybridized carbons (Fsp3) is 0.0714. The summed E-state index contributed by atoms with van der Waals surface area (Å²) in [7, 11) is 0. The summed E-state index contributed by atoms with van der Waals surface area (Å²) in [4.78, 5) is 12.2. The normalized spacial score (nSPS) is 10.3. The molecule has 0 aliphatic carbocycles. The third kappa shape index (κ3) is 3.35. The second kappa shape index (κ2) is 6.19. The number of anilines is 1. The average molecular weight is 340 g/mol. The topological polar surface area (TPSA) is 55.1 Å². The predicted octanol–water partition coefficient (Wildman–Crippen LogP) is 3.81. The smallest absolute Gasteiger partial charge is 0.256 e. The van der Waals surface area contributed by atoms with Crippen LogP contribution in [0.5, 0.6) is 0 Å². The molecule has 1 amide bonds. The lowest BCUT2D eigenvalue weighted by Crippen LogP contribution is -2.14. The first-order valence-corrected chi connectivity index (χ1v) is 6.83. The summed E-state index contributed by atoms with van der Waals surface area (Å²) in [5.74, 6) is -0.227. The quantitative estimate of drug-likeness (QED) is 0.893. The zero-order valence-corrected chi connectivity index (χ0v) is 12.3. The molecule has 0 atom stereocenters. The molecule has 0 heterocycles. The van der Waals surface area contributed by atoms with Gasteiger partial charge < -0.3 is 11.1 Å². The molecule has 19 heavy (non-hydrogen) atoms. The molecule has 98 valence electrons. The van der Waals surface area contributed by atoms with E-state index in [9.17, 15) is 4.79 Å². The first-order chi connectivity index (χ1) is 9.11. The number of halogens is 2. The van der Waals surface area contributed by atoms with E-state index in [1.165, 1.54) is 0 Å². The second-order valence-corrected chi connectivity index (χ2v) is 5.23. The number of nitrogens with one attached hydrogen (secondary N) is 1. The van der Waals surface area contributed by atoms with Crippen molar-refractivity contribution in [2.75, 3.05) is 5.32 Å². The number of rotatable bonds is 3. The summed E-state index contributed by atoms with van der Waals surface area (Å²) in [6, 6.07) is 12.5. The van der Waals surface area contributed by atoms with Gasteiger partial charge in [-0.15, -0.1) is 0 Å². The first kappa shape index (κ1) is 14.1. The maximum Gasteiger partial charge on any atom is 0.256 e. The Hall–Kier alpha value is -1.36. The van der Waals surface area contributed by atoms with Gasteiger partial charge in [0.1, 0.15) is 0 Å². The van der Waals surface area contributed by atoms with Crippen molar-refractivity contribution in [3.63, 3.8) is 0 Å². The van der Waals surface area contributed by atoms with Crippen LogP contribution in [0, 0.1) is 0 Å². The van der Waals surface area contributed by atoms with E-state index in [-0.39, 0.29) is 5.91 Å². The van der Waals surface area contributed by atoms with E-state index in [1.807, 2.05) is 24.3 Å². The van der Waals surface area contributed by atoms with Gasteiger partial charge in [-0.05, 0) is 45.8 Å². The highest BCUT2D eigenvalue weighted by Crippen LogP contribution is 2.23. The number of amides is 1. The zero-order valence-electron chi connectivity index (χ0n) is 9.99. The number of hydrogen-bond donors (Lipinski definition) is 2. The minimum atomic E-state index is -0.227. The number of para-hydroxylation sites is 1. The molecule has 3 nitrogen and oxygen atoms in total. The van der Waals surface area contributed by atoms with Gasteiger partial charge in [0.2, 0.25) is 0 Å². The number of benzene rings is 2. The van der Waals surface area contributed by atoms with E-state index in [0.717, 1.165) is 5.56 Å². The summed E-state index contributed by atoms with van der Waals surface area (Å²) in [6.45, 7) is 0.368.